The van der Waals surface area contributed by atoms with Crippen LogP contribution in [0.25, 0.3) is 28.2 Å². The van der Waals surface area contributed by atoms with Crippen LogP contribution < -0.4 is 0 Å². The summed E-state index contributed by atoms with van der Waals surface area (Å²) < 4.78 is 4.15. The third kappa shape index (κ3) is 5.01. The monoisotopic (exact) mass is 670 g/mol. The average molecular weight is 672 g/mol. The van der Waals surface area contributed by atoms with Crippen molar-refractivity contribution in [3.8, 4) is 39.7 Å². The summed E-state index contributed by atoms with van der Waals surface area (Å²) in [6, 6.07) is 10.0. The molecule has 2 aromatic carbocycles. The van der Waals surface area contributed by atoms with Crippen molar-refractivity contribution in [3.05, 3.63) is 97.7 Å². The number of phenolic OH excluding ortho intramolecular Hbond substituents is 2. The van der Waals surface area contributed by atoms with Crippen molar-refractivity contribution in [1.29, 1.82) is 0 Å². The first kappa shape index (κ1) is 29.5. The highest BCUT2D eigenvalue weighted by Gasteiger charge is 2.31. The number of hydrogen-bond donors (Lipinski definition) is 3. The lowest BCUT2D eigenvalue weighted by molar-refractivity contribution is 0.101. The molecule has 0 unspecified atom stereocenters. The molecule has 16 heteroatoms. The van der Waals surface area contributed by atoms with Crippen LogP contribution >= 0.6 is 46.4 Å². The van der Waals surface area contributed by atoms with Crippen LogP contribution in [0.1, 0.15) is 32.1 Å². The van der Waals surface area contributed by atoms with E-state index in [1.807, 2.05) is 0 Å². The molecule has 0 radical (unpaired) electrons. The predicted molar refractivity (Wildman–Crippen MR) is 163 cm³/mol. The molecule has 4 heterocycles. The van der Waals surface area contributed by atoms with E-state index in [1.54, 1.807) is 38.6 Å². The fourth-order valence-electron chi connectivity index (χ4n) is 4.65. The maximum Gasteiger partial charge on any atom is 0.215 e. The molecule has 4 aromatic heterocycles. The van der Waals surface area contributed by atoms with Crippen LogP contribution in [0.5, 0.6) is 11.5 Å². The Morgan fingerprint density at radius 3 is 1.77 bits per heavy atom. The molecule has 6 rings (SSSR count). The van der Waals surface area contributed by atoms with Crippen molar-refractivity contribution in [3.63, 3.8) is 0 Å². The molecule has 222 valence electrons. The number of ketones is 2. The summed E-state index contributed by atoms with van der Waals surface area (Å²) in [6.45, 7) is 0. The topological polar surface area (TPSA) is 157 Å². The van der Waals surface area contributed by atoms with Gasteiger partial charge in [-0.3, -0.25) is 23.5 Å². The molecule has 44 heavy (non-hydrogen) atoms. The van der Waals surface area contributed by atoms with Gasteiger partial charge < -0.3 is 15.2 Å². The van der Waals surface area contributed by atoms with Gasteiger partial charge in [-0.05, 0) is 30.3 Å². The number of nitrogens with one attached hydrogen (secondary N) is 1. The zero-order chi connectivity index (χ0) is 31.4. The SMILES string of the molecule is Cn1cc(-c2ccc(C(=O)c3[nH]c(Cl)c(Cl)c3-n3c(C(=O)c4ccc(-c5cn(C)nn5)cc4O)cc(Cl)c3Cl)c(O)c2)nn1. The second-order valence-corrected chi connectivity index (χ2v) is 11.2. The Morgan fingerprint density at radius 1 is 0.773 bits per heavy atom. The number of benzene rings is 2. The molecule has 3 N–H and O–H groups in total. The van der Waals surface area contributed by atoms with E-state index in [0.717, 1.165) is 4.57 Å². The van der Waals surface area contributed by atoms with Gasteiger partial charge in [-0.25, -0.2) is 0 Å². The molecular formula is C28H18Cl4N8O4. The molecule has 0 spiro atoms. The number of halogens is 4. The molecule has 0 aliphatic heterocycles. The number of carbonyl (C=O) groups excluding carboxylic acids is 2. The van der Waals surface area contributed by atoms with Crippen molar-refractivity contribution >= 4 is 58.0 Å². The molecule has 0 saturated carbocycles. The van der Waals surface area contributed by atoms with E-state index in [4.69, 9.17) is 46.4 Å². The molecule has 6 aromatic rings. The third-order valence-electron chi connectivity index (χ3n) is 6.73. The molecule has 0 saturated heterocycles. The van der Waals surface area contributed by atoms with Gasteiger partial charge in [0.05, 0.1) is 39.9 Å². The highest BCUT2D eigenvalue weighted by atomic mass is 35.5. The summed E-state index contributed by atoms with van der Waals surface area (Å²) in [5.41, 5.74) is 1.42. The maximum absolute atomic E-state index is 13.8. The molecule has 0 bridgehead atoms. The summed E-state index contributed by atoms with van der Waals surface area (Å²) in [5, 5.41) is 36.9. The summed E-state index contributed by atoms with van der Waals surface area (Å²) in [6.07, 6.45) is 3.30. The first-order valence-electron chi connectivity index (χ1n) is 12.6. The van der Waals surface area contributed by atoms with Crippen molar-refractivity contribution in [2.45, 2.75) is 0 Å². The first-order valence-corrected chi connectivity index (χ1v) is 14.1. The fourth-order valence-corrected chi connectivity index (χ4v) is 5.48. The van der Waals surface area contributed by atoms with Crippen molar-refractivity contribution in [2.75, 3.05) is 0 Å². The second kappa shape index (κ2) is 11.1. The van der Waals surface area contributed by atoms with Crippen LogP contribution in [0.4, 0.5) is 0 Å². The predicted octanol–water partition coefficient (Wildman–Crippen LogP) is 5.88. The minimum Gasteiger partial charge on any atom is -0.507 e. The smallest absolute Gasteiger partial charge is 0.215 e. The lowest BCUT2D eigenvalue weighted by atomic mass is 10.0. The van der Waals surface area contributed by atoms with Crippen LogP contribution in [0.15, 0.2) is 54.9 Å². The summed E-state index contributed by atoms with van der Waals surface area (Å²) in [7, 11) is 3.39. The summed E-state index contributed by atoms with van der Waals surface area (Å²) >= 11 is 25.8. The third-order valence-corrected chi connectivity index (χ3v) is 8.24. The van der Waals surface area contributed by atoms with E-state index >= 15 is 0 Å². The van der Waals surface area contributed by atoms with Crippen LogP contribution in [0.3, 0.4) is 0 Å². The van der Waals surface area contributed by atoms with Gasteiger partial charge in [0, 0.05) is 25.2 Å². The number of phenols is 2. The van der Waals surface area contributed by atoms with Crippen LogP contribution in [-0.2, 0) is 14.1 Å². The van der Waals surface area contributed by atoms with Gasteiger partial charge in [-0.15, -0.1) is 10.2 Å². The number of nitrogens with zero attached hydrogens (tertiary/aromatic N) is 7. The van der Waals surface area contributed by atoms with E-state index in [0.29, 0.717) is 22.5 Å². The van der Waals surface area contributed by atoms with E-state index in [-0.39, 0.29) is 60.1 Å². The second-order valence-electron chi connectivity index (χ2n) is 9.66. The van der Waals surface area contributed by atoms with E-state index in [1.165, 1.54) is 39.7 Å². The van der Waals surface area contributed by atoms with Gasteiger partial charge in [0.1, 0.15) is 43.9 Å². The standard InChI is InChI=1S/C28H18Cl4N8O4/c1-38-10-17(34-36-38)12-3-5-14(20(41)7-12)25(43)19-9-16(29)28(32)40(19)24-22(30)27(31)33-23(24)26(44)15-6-4-13(8-21(15)42)18-11-39(2)37-35-18/h3-11,33,41-42H,1-2H3. The maximum atomic E-state index is 13.8. The Kier molecular flexibility index (Phi) is 7.46. The van der Waals surface area contributed by atoms with Crippen LogP contribution in [0, 0.1) is 0 Å². The number of aromatic amines is 1. The summed E-state index contributed by atoms with van der Waals surface area (Å²) in [4.78, 5) is 30.3. The number of carbonyl (C=O) groups is 2. The first-order chi connectivity index (χ1) is 20.9. The van der Waals surface area contributed by atoms with Gasteiger partial charge >= 0.3 is 0 Å². The normalized spacial score (nSPS) is 11.3. The van der Waals surface area contributed by atoms with Crippen LogP contribution in [-0.4, -0.2) is 61.3 Å². The highest BCUT2D eigenvalue weighted by Crippen LogP contribution is 2.41. The van der Waals surface area contributed by atoms with Crippen LogP contribution in [0.2, 0.25) is 20.4 Å². The van der Waals surface area contributed by atoms with Gasteiger partial charge in [0.2, 0.25) is 11.6 Å². The zero-order valence-electron chi connectivity index (χ0n) is 22.5. The van der Waals surface area contributed by atoms with E-state index in [2.05, 4.69) is 25.6 Å². The quantitative estimate of drug-likeness (QED) is 0.178. The van der Waals surface area contributed by atoms with Gasteiger partial charge in [0.25, 0.3) is 0 Å². The minimum atomic E-state index is -0.715. The Bertz CT molecular complexity index is 1980. The average Bonchev–Trinajstić information content (AvgIpc) is 3.76. The Labute approximate surface area is 268 Å². The van der Waals surface area contributed by atoms with E-state index < -0.39 is 11.6 Å². The van der Waals surface area contributed by atoms with E-state index in [9.17, 15) is 19.8 Å². The molecular weight excluding hydrogens is 654 g/mol. The molecule has 0 aliphatic rings. The highest BCUT2D eigenvalue weighted by molar-refractivity contribution is 6.45. The molecule has 0 amide bonds. The zero-order valence-corrected chi connectivity index (χ0v) is 25.6. The molecule has 0 atom stereocenters. The molecule has 0 aliphatic carbocycles. The molecule has 0 fully saturated rings. The lowest BCUT2D eigenvalue weighted by Gasteiger charge is -2.13. The van der Waals surface area contributed by atoms with Crippen molar-refractivity contribution in [2.24, 2.45) is 14.1 Å². The fraction of sp³-hybridized carbons (Fsp3) is 0.0714. The van der Waals surface area contributed by atoms with Crippen molar-refractivity contribution < 1.29 is 19.8 Å². The number of aromatic nitrogens is 8. The molecule has 12 nitrogen and oxygen atoms in total. The van der Waals surface area contributed by atoms with Gasteiger partial charge in [-0.1, -0.05) is 69.0 Å². The van der Waals surface area contributed by atoms with Crippen molar-refractivity contribution in [1.82, 2.24) is 39.5 Å². The minimum absolute atomic E-state index is 0.0337. The Morgan fingerprint density at radius 2 is 1.30 bits per heavy atom. The number of aryl methyl sites for hydroxylation is 2. The number of aromatic hydroxyl groups is 2. The summed E-state index contributed by atoms with van der Waals surface area (Å²) in [5.74, 6) is -2.11. The number of rotatable bonds is 7. The largest absolute Gasteiger partial charge is 0.507 e. The number of H-pyrrole nitrogens is 1. The van der Waals surface area contributed by atoms with Gasteiger partial charge in [-0.2, -0.15) is 0 Å². The van der Waals surface area contributed by atoms with Gasteiger partial charge in [0.15, 0.2) is 0 Å². The lowest BCUT2D eigenvalue weighted by Crippen LogP contribution is -2.13. The Balaban J connectivity index is 1.43. The Hall–Kier alpha value is -4.62. The number of hydrogen-bond acceptors (Lipinski definition) is 8.